The van der Waals surface area contributed by atoms with E-state index in [0.29, 0.717) is 12.2 Å². The molecule has 0 fully saturated rings. The molecule has 0 aliphatic carbocycles. The number of carbonyl (C=O) groups is 3. The first kappa shape index (κ1) is 21.1. The first-order valence-corrected chi connectivity index (χ1v) is 8.71. The SMILES string of the molecule is COC(=O)[C@H](Cc1cnc[nH]1)NC(=O)CN(CC(=O)O)Cc1ccc(C)cc1. The zero-order chi connectivity index (χ0) is 20.5. The molecule has 0 saturated carbocycles. The Hall–Kier alpha value is -3.20. The number of H-pyrrole nitrogens is 1. The number of nitrogens with one attached hydrogen (secondary N) is 2. The molecule has 3 N–H and O–H groups in total. The van der Waals surface area contributed by atoms with Crippen LogP contribution in [0.1, 0.15) is 16.8 Å². The molecule has 28 heavy (non-hydrogen) atoms. The van der Waals surface area contributed by atoms with E-state index < -0.39 is 23.9 Å². The van der Waals surface area contributed by atoms with Gasteiger partial charge < -0.3 is 20.1 Å². The van der Waals surface area contributed by atoms with Crippen LogP contribution in [0.2, 0.25) is 0 Å². The van der Waals surface area contributed by atoms with Crippen LogP contribution in [0.25, 0.3) is 0 Å². The Morgan fingerprint density at radius 2 is 1.96 bits per heavy atom. The Bertz CT molecular complexity index is 789. The van der Waals surface area contributed by atoms with E-state index >= 15 is 0 Å². The normalized spacial score (nSPS) is 11.8. The van der Waals surface area contributed by atoms with Crippen LogP contribution >= 0.6 is 0 Å². The third-order valence-electron chi connectivity index (χ3n) is 4.05. The monoisotopic (exact) mass is 388 g/mol. The number of methoxy groups -OCH3 is 1. The molecule has 0 unspecified atom stereocenters. The van der Waals surface area contributed by atoms with Crippen molar-refractivity contribution in [3.8, 4) is 0 Å². The third kappa shape index (κ3) is 6.84. The van der Waals surface area contributed by atoms with Crippen LogP contribution in [0.3, 0.4) is 0 Å². The van der Waals surface area contributed by atoms with Crippen LogP contribution in [0.4, 0.5) is 0 Å². The lowest BCUT2D eigenvalue weighted by Gasteiger charge is -2.22. The maximum absolute atomic E-state index is 12.5. The van der Waals surface area contributed by atoms with Crippen molar-refractivity contribution in [2.24, 2.45) is 0 Å². The number of nitrogens with zero attached hydrogens (tertiary/aromatic N) is 2. The van der Waals surface area contributed by atoms with E-state index in [4.69, 9.17) is 9.84 Å². The lowest BCUT2D eigenvalue weighted by atomic mass is 10.1. The van der Waals surface area contributed by atoms with Gasteiger partial charge in [0.15, 0.2) is 0 Å². The van der Waals surface area contributed by atoms with Crippen molar-refractivity contribution in [2.75, 3.05) is 20.2 Å². The standard InChI is InChI=1S/C19H24N4O5/c1-13-3-5-14(6-4-13)9-23(11-18(25)26)10-17(24)22-16(19(27)28-2)7-15-8-20-12-21-15/h3-6,8,12,16H,7,9-11H2,1-2H3,(H,20,21)(H,22,24)(H,25,26)/t16-/m0/s1. The van der Waals surface area contributed by atoms with Gasteiger partial charge in [-0.3, -0.25) is 14.5 Å². The van der Waals surface area contributed by atoms with Crippen molar-refractivity contribution >= 4 is 17.8 Å². The Morgan fingerprint density at radius 3 is 2.54 bits per heavy atom. The van der Waals surface area contributed by atoms with Crippen LogP contribution in [-0.2, 0) is 32.1 Å². The number of esters is 1. The van der Waals surface area contributed by atoms with E-state index in [1.807, 2.05) is 31.2 Å². The predicted octanol–water partition coefficient (Wildman–Crippen LogP) is 0.505. The van der Waals surface area contributed by atoms with Gasteiger partial charge in [0.25, 0.3) is 0 Å². The Morgan fingerprint density at radius 1 is 1.25 bits per heavy atom. The second kappa shape index (κ2) is 10.2. The van der Waals surface area contributed by atoms with E-state index in [1.54, 1.807) is 6.20 Å². The average Bonchev–Trinajstić information content (AvgIpc) is 3.15. The lowest BCUT2D eigenvalue weighted by molar-refractivity contribution is -0.145. The number of aromatic nitrogens is 2. The van der Waals surface area contributed by atoms with E-state index in [2.05, 4.69) is 15.3 Å². The Labute approximate surface area is 162 Å². The summed E-state index contributed by atoms with van der Waals surface area (Å²) in [5.74, 6) is -2.10. The number of rotatable bonds is 10. The molecule has 2 rings (SSSR count). The summed E-state index contributed by atoms with van der Waals surface area (Å²) in [7, 11) is 1.24. The van der Waals surface area contributed by atoms with E-state index in [-0.39, 0.29) is 19.5 Å². The van der Waals surface area contributed by atoms with E-state index in [9.17, 15) is 14.4 Å². The molecule has 1 aromatic carbocycles. The lowest BCUT2D eigenvalue weighted by Crippen LogP contribution is -2.47. The highest BCUT2D eigenvalue weighted by atomic mass is 16.5. The molecule has 9 nitrogen and oxygen atoms in total. The van der Waals surface area contributed by atoms with E-state index in [0.717, 1.165) is 11.1 Å². The van der Waals surface area contributed by atoms with Gasteiger partial charge in [0, 0.05) is 24.9 Å². The number of carboxylic acids is 1. The number of carbonyl (C=O) groups excluding carboxylic acids is 2. The predicted molar refractivity (Wildman–Crippen MR) is 100 cm³/mol. The first-order chi connectivity index (χ1) is 13.4. The summed E-state index contributed by atoms with van der Waals surface area (Å²) < 4.78 is 4.74. The Kier molecular flexibility index (Phi) is 7.70. The summed E-state index contributed by atoms with van der Waals surface area (Å²) >= 11 is 0. The quantitative estimate of drug-likeness (QED) is 0.506. The largest absolute Gasteiger partial charge is 0.480 e. The summed E-state index contributed by atoms with van der Waals surface area (Å²) in [5.41, 5.74) is 2.64. The topological polar surface area (TPSA) is 125 Å². The molecule has 1 atom stereocenters. The molecule has 0 aliphatic heterocycles. The molecule has 150 valence electrons. The van der Waals surface area contributed by atoms with Gasteiger partial charge in [-0.1, -0.05) is 29.8 Å². The number of hydrogen-bond donors (Lipinski definition) is 3. The van der Waals surface area contributed by atoms with Crippen molar-refractivity contribution in [3.63, 3.8) is 0 Å². The van der Waals surface area contributed by atoms with Crippen molar-refractivity contribution in [2.45, 2.75) is 25.9 Å². The summed E-state index contributed by atoms with van der Waals surface area (Å²) in [6, 6.07) is 6.72. The third-order valence-corrected chi connectivity index (χ3v) is 4.05. The van der Waals surface area contributed by atoms with Crippen LogP contribution in [0.15, 0.2) is 36.8 Å². The highest BCUT2D eigenvalue weighted by Crippen LogP contribution is 2.07. The number of aryl methyl sites for hydroxylation is 1. The Balaban J connectivity index is 2.02. The van der Waals surface area contributed by atoms with Crippen LogP contribution in [0, 0.1) is 6.92 Å². The smallest absolute Gasteiger partial charge is 0.328 e. The molecule has 0 bridgehead atoms. The van der Waals surface area contributed by atoms with Crippen LogP contribution in [-0.4, -0.2) is 64.1 Å². The van der Waals surface area contributed by atoms with E-state index in [1.165, 1.54) is 18.3 Å². The molecule has 1 aromatic heterocycles. The van der Waals surface area contributed by atoms with Crippen LogP contribution < -0.4 is 5.32 Å². The van der Waals surface area contributed by atoms with Gasteiger partial charge in [0.1, 0.15) is 6.04 Å². The zero-order valence-corrected chi connectivity index (χ0v) is 15.8. The van der Waals surface area contributed by atoms with Gasteiger partial charge in [-0.2, -0.15) is 0 Å². The fraction of sp³-hybridized carbons (Fsp3) is 0.368. The number of amides is 1. The molecule has 0 saturated heterocycles. The maximum atomic E-state index is 12.5. The summed E-state index contributed by atoms with van der Waals surface area (Å²) in [6.45, 7) is 1.78. The highest BCUT2D eigenvalue weighted by Gasteiger charge is 2.24. The first-order valence-electron chi connectivity index (χ1n) is 8.71. The highest BCUT2D eigenvalue weighted by molar-refractivity contribution is 5.86. The maximum Gasteiger partial charge on any atom is 0.328 e. The van der Waals surface area contributed by atoms with Crippen molar-refractivity contribution < 1.29 is 24.2 Å². The van der Waals surface area contributed by atoms with Gasteiger partial charge in [-0.05, 0) is 12.5 Å². The summed E-state index contributed by atoms with van der Waals surface area (Å²) in [4.78, 5) is 43.8. The van der Waals surface area contributed by atoms with Gasteiger partial charge in [-0.25, -0.2) is 9.78 Å². The van der Waals surface area contributed by atoms with Gasteiger partial charge in [0.05, 0.1) is 26.5 Å². The molecule has 2 aromatic rings. The molecular weight excluding hydrogens is 364 g/mol. The number of benzene rings is 1. The minimum Gasteiger partial charge on any atom is -0.480 e. The minimum atomic E-state index is -1.04. The number of ether oxygens (including phenoxy) is 1. The second-order valence-electron chi connectivity index (χ2n) is 6.45. The van der Waals surface area contributed by atoms with Crippen molar-refractivity contribution in [1.29, 1.82) is 0 Å². The fourth-order valence-corrected chi connectivity index (χ4v) is 2.71. The number of aromatic amines is 1. The van der Waals surface area contributed by atoms with Gasteiger partial charge >= 0.3 is 11.9 Å². The minimum absolute atomic E-state index is 0.170. The molecule has 9 heteroatoms. The van der Waals surface area contributed by atoms with Crippen molar-refractivity contribution in [1.82, 2.24) is 20.2 Å². The van der Waals surface area contributed by atoms with Gasteiger partial charge in [0.2, 0.25) is 5.91 Å². The van der Waals surface area contributed by atoms with Crippen molar-refractivity contribution in [3.05, 3.63) is 53.6 Å². The molecule has 0 spiro atoms. The molecular formula is C19H24N4O5. The number of hydrogen-bond acceptors (Lipinski definition) is 6. The molecule has 1 amide bonds. The number of aliphatic carboxylic acids is 1. The van der Waals surface area contributed by atoms with Crippen LogP contribution in [0.5, 0.6) is 0 Å². The second-order valence-corrected chi connectivity index (χ2v) is 6.45. The number of carboxylic acid groups (broad SMARTS) is 1. The fourth-order valence-electron chi connectivity index (χ4n) is 2.71. The molecule has 1 heterocycles. The zero-order valence-electron chi connectivity index (χ0n) is 15.8. The average molecular weight is 388 g/mol. The number of imidazole rings is 1. The molecule has 0 radical (unpaired) electrons. The summed E-state index contributed by atoms with van der Waals surface area (Å²) in [6.07, 6.45) is 3.22. The molecule has 0 aliphatic rings. The summed E-state index contributed by atoms with van der Waals surface area (Å²) in [5, 5.41) is 11.7. The van der Waals surface area contributed by atoms with Gasteiger partial charge in [-0.15, -0.1) is 0 Å².